The highest BCUT2D eigenvalue weighted by molar-refractivity contribution is 8.00. The van der Waals surface area contributed by atoms with Crippen LogP contribution in [0.2, 0.25) is 0 Å². The van der Waals surface area contributed by atoms with Gasteiger partial charge in [0.25, 0.3) is 0 Å². The number of hydrogen-bond donors (Lipinski definition) is 2. The summed E-state index contributed by atoms with van der Waals surface area (Å²) in [5.74, 6) is 0.954. The summed E-state index contributed by atoms with van der Waals surface area (Å²) in [6, 6.07) is 8.59. The van der Waals surface area contributed by atoms with E-state index >= 15 is 0 Å². The molecule has 1 aliphatic heterocycles. The Morgan fingerprint density at radius 3 is 2.68 bits per heavy atom. The van der Waals surface area contributed by atoms with Crippen molar-refractivity contribution in [2.45, 2.75) is 48.9 Å². The largest absolute Gasteiger partial charge is 0.497 e. The molecule has 1 fully saturated rings. The second-order valence-electron chi connectivity index (χ2n) is 5.52. The predicted octanol–water partition coefficient (Wildman–Crippen LogP) is 2.85. The molecule has 3 unspecified atom stereocenters. The second-order valence-corrected chi connectivity index (χ2v) is 6.93. The first kappa shape index (κ1) is 19.1. The molecule has 0 spiro atoms. The predicted molar refractivity (Wildman–Crippen MR) is 94.2 cm³/mol. The average Bonchev–Trinajstić information content (AvgIpc) is 2.48. The molecule has 0 saturated carbocycles. The summed E-state index contributed by atoms with van der Waals surface area (Å²) in [7, 11) is 1.65. The molecule has 0 aromatic heterocycles. The van der Waals surface area contributed by atoms with E-state index in [1.54, 1.807) is 18.9 Å². The highest BCUT2D eigenvalue weighted by atomic mass is 35.5. The summed E-state index contributed by atoms with van der Waals surface area (Å²) in [5.41, 5.74) is 0. The van der Waals surface area contributed by atoms with Gasteiger partial charge < -0.3 is 15.4 Å². The first-order valence-electron chi connectivity index (χ1n) is 7.43. The van der Waals surface area contributed by atoms with Crippen molar-refractivity contribution in [1.29, 1.82) is 0 Å². The Morgan fingerprint density at radius 2 is 2.09 bits per heavy atom. The fourth-order valence-electron chi connectivity index (χ4n) is 2.49. The van der Waals surface area contributed by atoms with Gasteiger partial charge in [-0.2, -0.15) is 0 Å². The molecule has 0 bridgehead atoms. The van der Waals surface area contributed by atoms with Crippen LogP contribution in [0.1, 0.15) is 26.7 Å². The highest BCUT2D eigenvalue weighted by Crippen LogP contribution is 2.25. The molecule has 1 aromatic carbocycles. The Bertz CT molecular complexity index is 470. The lowest BCUT2D eigenvalue weighted by atomic mass is 10.0. The maximum atomic E-state index is 12.3. The quantitative estimate of drug-likeness (QED) is 0.806. The monoisotopic (exact) mass is 344 g/mol. The molecule has 2 N–H and O–H groups in total. The summed E-state index contributed by atoms with van der Waals surface area (Å²) in [6.45, 7) is 5.09. The van der Waals surface area contributed by atoms with Gasteiger partial charge in [0.05, 0.1) is 12.4 Å². The number of hydrogen-bond acceptors (Lipinski definition) is 4. The molecule has 2 rings (SSSR count). The first-order chi connectivity index (χ1) is 10.1. The number of carbonyl (C=O) groups excluding carboxylic acids is 1. The first-order valence-corrected chi connectivity index (χ1v) is 8.31. The topological polar surface area (TPSA) is 50.4 Å². The molecule has 1 aliphatic rings. The van der Waals surface area contributed by atoms with Crippen LogP contribution in [0.3, 0.4) is 0 Å². The van der Waals surface area contributed by atoms with Crippen molar-refractivity contribution < 1.29 is 9.53 Å². The summed E-state index contributed by atoms with van der Waals surface area (Å²) >= 11 is 1.58. The zero-order chi connectivity index (χ0) is 15.2. The Morgan fingerprint density at radius 1 is 1.41 bits per heavy atom. The number of piperidine rings is 1. The van der Waals surface area contributed by atoms with Crippen molar-refractivity contribution in [2.75, 3.05) is 13.7 Å². The van der Waals surface area contributed by atoms with Crippen LogP contribution in [0, 0.1) is 0 Å². The van der Waals surface area contributed by atoms with Gasteiger partial charge in [-0.05, 0) is 57.5 Å². The normalized spacial score (nSPS) is 22.3. The van der Waals surface area contributed by atoms with Gasteiger partial charge in [-0.1, -0.05) is 0 Å². The van der Waals surface area contributed by atoms with Gasteiger partial charge in [-0.3, -0.25) is 4.79 Å². The standard InChI is InChI=1S/C16H24N2O2S.ClH/c1-11-10-13(8-9-17-11)18-16(19)12(2)21-15-6-4-14(20-3)5-7-15;/h4-7,11-13,17H,8-10H2,1-3H3,(H,18,19);1H. The van der Waals surface area contributed by atoms with Gasteiger partial charge in [-0.15, -0.1) is 24.2 Å². The molecule has 1 saturated heterocycles. The van der Waals surface area contributed by atoms with E-state index in [-0.39, 0.29) is 23.6 Å². The van der Waals surface area contributed by atoms with Crippen molar-refractivity contribution in [1.82, 2.24) is 10.6 Å². The number of rotatable bonds is 5. The number of halogens is 1. The fraction of sp³-hybridized carbons (Fsp3) is 0.562. The molecular weight excluding hydrogens is 320 g/mol. The number of methoxy groups -OCH3 is 1. The Hall–Kier alpha value is -0.910. The third kappa shape index (κ3) is 5.71. The number of carbonyl (C=O) groups is 1. The number of thioether (sulfide) groups is 1. The van der Waals surface area contributed by atoms with Gasteiger partial charge >= 0.3 is 0 Å². The van der Waals surface area contributed by atoms with Crippen LogP contribution in [-0.4, -0.2) is 36.9 Å². The van der Waals surface area contributed by atoms with Gasteiger partial charge in [0.15, 0.2) is 0 Å². The molecule has 0 radical (unpaired) electrons. The molecule has 1 heterocycles. The van der Waals surface area contributed by atoms with E-state index in [4.69, 9.17) is 4.74 Å². The number of nitrogens with one attached hydrogen (secondary N) is 2. The molecule has 3 atom stereocenters. The SMILES string of the molecule is COc1ccc(SC(C)C(=O)NC2CCNC(C)C2)cc1.Cl. The third-order valence-electron chi connectivity index (χ3n) is 3.71. The minimum absolute atomic E-state index is 0. The van der Waals surface area contributed by atoms with Gasteiger partial charge in [0, 0.05) is 17.0 Å². The molecule has 1 amide bonds. The van der Waals surface area contributed by atoms with Crippen molar-refractivity contribution >= 4 is 30.1 Å². The van der Waals surface area contributed by atoms with Crippen molar-refractivity contribution in [3.05, 3.63) is 24.3 Å². The van der Waals surface area contributed by atoms with Crippen LogP contribution in [0.25, 0.3) is 0 Å². The minimum Gasteiger partial charge on any atom is -0.497 e. The molecular formula is C16H25ClN2O2S. The second kappa shape index (κ2) is 9.28. The van der Waals surface area contributed by atoms with E-state index in [1.807, 2.05) is 31.2 Å². The summed E-state index contributed by atoms with van der Waals surface area (Å²) in [6.07, 6.45) is 2.02. The lowest BCUT2D eigenvalue weighted by Crippen LogP contribution is -2.48. The van der Waals surface area contributed by atoms with Gasteiger partial charge in [0.1, 0.15) is 5.75 Å². The Kier molecular flexibility index (Phi) is 8.07. The lowest BCUT2D eigenvalue weighted by molar-refractivity contribution is -0.121. The summed E-state index contributed by atoms with van der Waals surface area (Å²) in [5, 5.41) is 6.47. The molecule has 6 heteroatoms. The van der Waals surface area contributed by atoms with Crippen LogP contribution >= 0.6 is 24.2 Å². The number of ether oxygens (including phenoxy) is 1. The Labute approximate surface area is 143 Å². The highest BCUT2D eigenvalue weighted by Gasteiger charge is 2.22. The van der Waals surface area contributed by atoms with Crippen LogP contribution in [-0.2, 0) is 4.79 Å². The summed E-state index contributed by atoms with van der Waals surface area (Å²) < 4.78 is 5.14. The van der Waals surface area contributed by atoms with E-state index in [1.165, 1.54) is 0 Å². The molecule has 0 aliphatic carbocycles. The molecule has 124 valence electrons. The minimum atomic E-state index is -0.0939. The van der Waals surface area contributed by atoms with E-state index in [0.717, 1.165) is 30.0 Å². The van der Waals surface area contributed by atoms with Crippen molar-refractivity contribution in [3.63, 3.8) is 0 Å². The zero-order valence-corrected chi connectivity index (χ0v) is 14.9. The van der Waals surface area contributed by atoms with Gasteiger partial charge in [-0.25, -0.2) is 0 Å². The van der Waals surface area contributed by atoms with Crippen LogP contribution < -0.4 is 15.4 Å². The van der Waals surface area contributed by atoms with Crippen LogP contribution in [0.15, 0.2) is 29.2 Å². The van der Waals surface area contributed by atoms with Gasteiger partial charge in [0.2, 0.25) is 5.91 Å². The van der Waals surface area contributed by atoms with Crippen molar-refractivity contribution in [3.8, 4) is 5.75 Å². The van der Waals surface area contributed by atoms with E-state index < -0.39 is 0 Å². The van der Waals surface area contributed by atoms with Crippen molar-refractivity contribution in [2.24, 2.45) is 0 Å². The average molecular weight is 345 g/mol. The number of amides is 1. The van der Waals surface area contributed by atoms with Crippen LogP contribution in [0.4, 0.5) is 0 Å². The van der Waals surface area contributed by atoms with E-state index in [0.29, 0.717) is 12.1 Å². The molecule has 1 aromatic rings. The summed E-state index contributed by atoms with van der Waals surface area (Å²) in [4.78, 5) is 13.3. The number of benzene rings is 1. The van der Waals surface area contributed by atoms with E-state index in [2.05, 4.69) is 17.6 Å². The maximum absolute atomic E-state index is 12.3. The third-order valence-corrected chi connectivity index (χ3v) is 4.82. The smallest absolute Gasteiger partial charge is 0.233 e. The van der Waals surface area contributed by atoms with Crippen LogP contribution in [0.5, 0.6) is 5.75 Å². The fourth-order valence-corrected chi connectivity index (χ4v) is 3.37. The zero-order valence-electron chi connectivity index (χ0n) is 13.3. The van der Waals surface area contributed by atoms with E-state index in [9.17, 15) is 4.79 Å². The molecule has 22 heavy (non-hydrogen) atoms. The Balaban J connectivity index is 0.00000242. The molecule has 4 nitrogen and oxygen atoms in total. The lowest BCUT2D eigenvalue weighted by Gasteiger charge is -2.29. The maximum Gasteiger partial charge on any atom is 0.233 e.